The predicted octanol–water partition coefficient (Wildman–Crippen LogP) is 5.90. The van der Waals surface area contributed by atoms with Crippen LogP contribution < -0.4 is 9.47 Å². The van der Waals surface area contributed by atoms with E-state index in [1.807, 2.05) is 56.3 Å². The molecule has 0 saturated carbocycles. The number of carboxylic acid groups (broad SMARTS) is 1. The molecule has 0 spiro atoms. The summed E-state index contributed by atoms with van der Waals surface area (Å²) in [6.07, 6.45) is 1.80. The number of amides is 1. The number of nitrogens with zero attached hydrogens (tertiary/aromatic N) is 2. The van der Waals surface area contributed by atoms with Crippen LogP contribution >= 0.6 is 11.8 Å². The van der Waals surface area contributed by atoms with Crippen molar-refractivity contribution >= 4 is 40.6 Å². The monoisotopic (exact) mass is 502 g/mol. The molecule has 0 aromatic heterocycles. The van der Waals surface area contributed by atoms with E-state index in [0.717, 1.165) is 11.1 Å². The molecule has 3 aromatic rings. The van der Waals surface area contributed by atoms with Crippen LogP contribution in [-0.2, 0) is 11.4 Å². The van der Waals surface area contributed by atoms with Gasteiger partial charge in [-0.2, -0.15) is 0 Å². The molecule has 184 valence electrons. The number of thioether (sulfide) groups is 1. The molecule has 1 heterocycles. The Morgan fingerprint density at radius 3 is 2.42 bits per heavy atom. The van der Waals surface area contributed by atoms with Crippen LogP contribution in [0.3, 0.4) is 0 Å². The van der Waals surface area contributed by atoms with Crippen LogP contribution in [0, 0.1) is 6.92 Å². The molecule has 1 aliphatic heterocycles. The fraction of sp³-hybridized carbons (Fsp3) is 0.179. The maximum Gasteiger partial charge on any atom is 0.335 e. The SMILES string of the molecule is CCOc1cc(/C=C2\SC(=Nc3ccc(C(=O)O)cc3)N(C)C2=O)ccc1OCc1ccc(C)cc1. The molecule has 1 aliphatic rings. The first kappa shape index (κ1) is 25.1. The number of aliphatic imine (C=N–C) groups is 1. The number of ether oxygens (including phenoxy) is 2. The van der Waals surface area contributed by atoms with Gasteiger partial charge >= 0.3 is 5.97 Å². The Labute approximate surface area is 214 Å². The van der Waals surface area contributed by atoms with Crippen molar-refractivity contribution in [1.82, 2.24) is 4.90 Å². The van der Waals surface area contributed by atoms with Crippen molar-refractivity contribution in [1.29, 1.82) is 0 Å². The first-order valence-corrected chi connectivity index (χ1v) is 12.2. The van der Waals surface area contributed by atoms with Crippen LogP contribution in [0.1, 0.15) is 34.0 Å². The van der Waals surface area contributed by atoms with Crippen LogP contribution in [0.2, 0.25) is 0 Å². The Kier molecular flexibility index (Phi) is 7.75. The van der Waals surface area contributed by atoms with Gasteiger partial charge in [-0.15, -0.1) is 0 Å². The van der Waals surface area contributed by atoms with Gasteiger partial charge in [0.15, 0.2) is 16.7 Å². The van der Waals surface area contributed by atoms with Crippen molar-refractivity contribution in [3.05, 3.63) is 93.9 Å². The normalized spacial score (nSPS) is 15.5. The Balaban J connectivity index is 1.52. The molecule has 0 unspecified atom stereocenters. The lowest BCUT2D eigenvalue weighted by molar-refractivity contribution is -0.121. The van der Waals surface area contributed by atoms with Crippen molar-refractivity contribution < 1.29 is 24.2 Å². The summed E-state index contributed by atoms with van der Waals surface area (Å²) in [6, 6.07) is 19.9. The van der Waals surface area contributed by atoms with E-state index >= 15 is 0 Å². The number of benzene rings is 3. The molecule has 0 aliphatic carbocycles. The van der Waals surface area contributed by atoms with Crippen LogP contribution in [0.25, 0.3) is 6.08 Å². The van der Waals surface area contributed by atoms with Gasteiger partial charge < -0.3 is 14.6 Å². The number of carboxylic acids is 1. The minimum atomic E-state index is -1.00. The van der Waals surface area contributed by atoms with Crippen LogP contribution in [0.4, 0.5) is 5.69 Å². The Hall–Kier alpha value is -4.04. The summed E-state index contributed by atoms with van der Waals surface area (Å²) >= 11 is 1.26. The molecule has 1 fully saturated rings. The summed E-state index contributed by atoms with van der Waals surface area (Å²) in [5.41, 5.74) is 3.81. The van der Waals surface area contributed by atoms with Crippen molar-refractivity contribution in [3.8, 4) is 11.5 Å². The lowest BCUT2D eigenvalue weighted by atomic mass is 10.1. The van der Waals surface area contributed by atoms with E-state index in [4.69, 9.17) is 14.6 Å². The fourth-order valence-electron chi connectivity index (χ4n) is 3.44. The van der Waals surface area contributed by atoms with Crippen LogP contribution in [-0.4, -0.2) is 40.7 Å². The number of carbonyl (C=O) groups is 2. The number of carbonyl (C=O) groups excluding carboxylic acids is 1. The Morgan fingerprint density at radius 1 is 1.03 bits per heavy atom. The summed E-state index contributed by atoms with van der Waals surface area (Å²) in [5, 5.41) is 9.57. The van der Waals surface area contributed by atoms with Gasteiger partial charge in [-0.1, -0.05) is 35.9 Å². The van der Waals surface area contributed by atoms with Crippen molar-refractivity contribution in [2.45, 2.75) is 20.5 Å². The lowest BCUT2D eigenvalue weighted by Crippen LogP contribution is -2.23. The van der Waals surface area contributed by atoms with E-state index in [-0.39, 0.29) is 11.5 Å². The number of aryl methyl sites for hydroxylation is 1. The molecule has 1 N–H and O–H groups in total. The van der Waals surface area contributed by atoms with E-state index < -0.39 is 5.97 Å². The smallest absolute Gasteiger partial charge is 0.335 e. The minimum Gasteiger partial charge on any atom is -0.490 e. The molecule has 7 nitrogen and oxygen atoms in total. The van der Waals surface area contributed by atoms with Crippen molar-refractivity contribution in [2.24, 2.45) is 4.99 Å². The number of amidine groups is 1. The second-order valence-corrected chi connectivity index (χ2v) is 9.14. The first-order chi connectivity index (χ1) is 17.3. The molecule has 0 bridgehead atoms. The number of rotatable bonds is 8. The number of aromatic carboxylic acids is 1. The average molecular weight is 503 g/mol. The van der Waals surface area contributed by atoms with Gasteiger partial charge in [0.1, 0.15) is 6.61 Å². The van der Waals surface area contributed by atoms with Gasteiger partial charge in [0.2, 0.25) is 0 Å². The molecule has 1 saturated heterocycles. The van der Waals surface area contributed by atoms with E-state index in [0.29, 0.717) is 40.5 Å². The number of likely N-dealkylation sites (N-methyl/N-ethyl adjacent to an activating group) is 1. The highest BCUT2D eigenvalue weighted by Crippen LogP contribution is 2.35. The molecule has 8 heteroatoms. The summed E-state index contributed by atoms with van der Waals surface area (Å²) < 4.78 is 11.8. The zero-order valence-electron chi connectivity index (χ0n) is 20.2. The third-order valence-electron chi connectivity index (χ3n) is 5.42. The number of hydrogen-bond donors (Lipinski definition) is 1. The third kappa shape index (κ3) is 5.95. The quantitative estimate of drug-likeness (QED) is 0.386. The Morgan fingerprint density at radius 2 is 1.75 bits per heavy atom. The molecular weight excluding hydrogens is 476 g/mol. The molecule has 4 rings (SSSR count). The van der Waals surface area contributed by atoms with E-state index in [1.165, 1.54) is 34.4 Å². The predicted molar refractivity (Wildman–Crippen MR) is 142 cm³/mol. The highest BCUT2D eigenvalue weighted by Gasteiger charge is 2.30. The number of hydrogen-bond acceptors (Lipinski definition) is 6. The highest BCUT2D eigenvalue weighted by atomic mass is 32.2. The first-order valence-electron chi connectivity index (χ1n) is 11.4. The molecular formula is C28H26N2O5S. The van der Waals surface area contributed by atoms with E-state index in [1.54, 1.807) is 25.3 Å². The van der Waals surface area contributed by atoms with E-state index in [9.17, 15) is 9.59 Å². The van der Waals surface area contributed by atoms with E-state index in [2.05, 4.69) is 4.99 Å². The van der Waals surface area contributed by atoms with Crippen LogP contribution in [0.15, 0.2) is 76.6 Å². The standard InChI is InChI=1S/C28H26N2O5S/c1-4-34-24-15-20(9-14-23(24)35-17-19-7-5-18(2)6-8-19)16-25-26(31)30(3)28(36-25)29-22-12-10-21(11-13-22)27(32)33/h5-16H,4,17H2,1-3H3,(H,32,33)/b25-16-,29-28?. The van der Waals surface area contributed by atoms with Crippen molar-refractivity contribution in [2.75, 3.05) is 13.7 Å². The van der Waals surface area contributed by atoms with Crippen molar-refractivity contribution in [3.63, 3.8) is 0 Å². The molecule has 3 aromatic carbocycles. The fourth-order valence-corrected chi connectivity index (χ4v) is 4.43. The summed E-state index contributed by atoms with van der Waals surface area (Å²) in [5.74, 6) is 0.0721. The summed E-state index contributed by atoms with van der Waals surface area (Å²) in [6.45, 7) is 4.86. The van der Waals surface area contributed by atoms with Gasteiger partial charge in [0, 0.05) is 7.05 Å². The second kappa shape index (κ2) is 11.1. The van der Waals surface area contributed by atoms with Crippen LogP contribution in [0.5, 0.6) is 11.5 Å². The largest absolute Gasteiger partial charge is 0.490 e. The molecule has 36 heavy (non-hydrogen) atoms. The molecule has 1 amide bonds. The van der Waals surface area contributed by atoms with Gasteiger partial charge in [-0.3, -0.25) is 9.69 Å². The summed E-state index contributed by atoms with van der Waals surface area (Å²) in [7, 11) is 1.66. The minimum absolute atomic E-state index is 0.168. The summed E-state index contributed by atoms with van der Waals surface area (Å²) in [4.78, 5) is 30.4. The maximum absolute atomic E-state index is 12.8. The lowest BCUT2D eigenvalue weighted by Gasteiger charge is -2.13. The maximum atomic E-state index is 12.8. The highest BCUT2D eigenvalue weighted by molar-refractivity contribution is 8.18. The molecule has 0 atom stereocenters. The Bertz CT molecular complexity index is 1330. The second-order valence-electron chi connectivity index (χ2n) is 8.13. The third-order valence-corrected chi connectivity index (χ3v) is 6.48. The zero-order valence-corrected chi connectivity index (χ0v) is 21.0. The van der Waals surface area contributed by atoms with Gasteiger partial charge in [0.05, 0.1) is 22.8 Å². The van der Waals surface area contributed by atoms with Gasteiger partial charge in [-0.25, -0.2) is 9.79 Å². The zero-order chi connectivity index (χ0) is 25.7. The van der Waals surface area contributed by atoms with Gasteiger partial charge in [-0.05, 0) is 79.2 Å². The molecule has 0 radical (unpaired) electrons. The average Bonchev–Trinajstić information content (AvgIpc) is 3.12. The van der Waals surface area contributed by atoms with Gasteiger partial charge in [0.25, 0.3) is 5.91 Å². The topological polar surface area (TPSA) is 88.4 Å².